The van der Waals surface area contributed by atoms with Crippen LogP contribution in [0.15, 0.2) is 12.1 Å². The summed E-state index contributed by atoms with van der Waals surface area (Å²) in [6, 6.07) is 2.58. The Morgan fingerprint density at radius 1 is 1.43 bits per heavy atom. The molecule has 0 radical (unpaired) electrons. The maximum atomic E-state index is 12.0. The molecule has 1 aromatic rings. The van der Waals surface area contributed by atoms with E-state index >= 15 is 0 Å². The fourth-order valence-electron chi connectivity index (χ4n) is 2.31. The van der Waals surface area contributed by atoms with Gasteiger partial charge in [0.2, 0.25) is 0 Å². The number of carbonyl (C=O) groups is 3. The van der Waals surface area contributed by atoms with E-state index in [-0.39, 0.29) is 18.3 Å². The largest absolute Gasteiger partial charge is 0.483 e. The fraction of sp³-hybridized carbons (Fsp3) is 0.357. The van der Waals surface area contributed by atoms with Crippen molar-refractivity contribution < 1.29 is 19.1 Å². The zero-order chi connectivity index (χ0) is 15.6. The van der Waals surface area contributed by atoms with Crippen LogP contribution >= 0.6 is 11.6 Å². The van der Waals surface area contributed by atoms with E-state index in [2.05, 4.69) is 10.6 Å². The van der Waals surface area contributed by atoms with Crippen molar-refractivity contribution in [2.24, 2.45) is 0 Å². The molecule has 7 heteroatoms. The maximum Gasteiger partial charge on any atom is 0.321 e. The number of fused-ring (bicyclic) bond motifs is 1. The van der Waals surface area contributed by atoms with Crippen LogP contribution in [-0.4, -0.2) is 31.4 Å². The predicted octanol–water partition coefficient (Wildman–Crippen LogP) is 1.86. The van der Waals surface area contributed by atoms with Gasteiger partial charge in [-0.3, -0.25) is 14.9 Å². The number of ether oxygens (including phenoxy) is 1. The van der Waals surface area contributed by atoms with Gasteiger partial charge in [-0.15, -0.1) is 0 Å². The van der Waals surface area contributed by atoms with Crippen LogP contribution in [0.4, 0.5) is 4.79 Å². The van der Waals surface area contributed by atoms with E-state index in [1.165, 1.54) is 7.05 Å². The Kier molecular flexibility index (Phi) is 4.47. The lowest BCUT2D eigenvalue weighted by Crippen LogP contribution is -2.40. The summed E-state index contributed by atoms with van der Waals surface area (Å²) in [6.07, 6.45) is 0.375. The molecular weight excluding hydrogens is 296 g/mol. The van der Waals surface area contributed by atoms with Gasteiger partial charge in [-0.05, 0) is 23.6 Å². The molecule has 1 aliphatic carbocycles. The van der Waals surface area contributed by atoms with Crippen LogP contribution in [-0.2, 0) is 4.79 Å². The molecule has 0 aliphatic heterocycles. The minimum atomic E-state index is -0.616. The highest BCUT2D eigenvalue weighted by Crippen LogP contribution is 2.42. The van der Waals surface area contributed by atoms with Crippen molar-refractivity contribution in [2.75, 3.05) is 13.7 Å². The molecule has 6 nitrogen and oxygen atoms in total. The van der Waals surface area contributed by atoms with E-state index in [1.807, 2.05) is 6.92 Å². The monoisotopic (exact) mass is 310 g/mol. The first-order valence-electron chi connectivity index (χ1n) is 6.44. The van der Waals surface area contributed by atoms with Crippen LogP contribution in [0.1, 0.15) is 35.2 Å². The molecule has 0 aromatic heterocycles. The number of hydrogen-bond donors (Lipinski definition) is 2. The third kappa shape index (κ3) is 3.16. The minimum Gasteiger partial charge on any atom is -0.483 e. The summed E-state index contributed by atoms with van der Waals surface area (Å²) in [5.41, 5.74) is 1.19. The lowest BCUT2D eigenvalue weighted by Gasteiger charge is -2.12. The molecule has 0 bridgehead atoms. The first-order chi connectivity index (χ1) is 9.93. The summed E-state index contributed by atoms with van der Waals surface area (Å²) in [5.74, 6) is -0.308. The standard InChI is InChI=1S/C14H15ClN2O4/c1-7-5-9(18)13-10(4-3-8(15)12(7)13)21-6-11(19)17-14(20)16-2/h3-4,7H,5-6H2,1-2H3,(H2,16,17,19,20). The van der Waals surface area contributed by atoms with Crippen LogP contribution < -0.4 is 15.4 Å². The number of nitrogens with one attached hydrogen (secondary N) is 2. The topological polar surface area (TPSA) is 84.5 Å². The summed E-state index contributed by atoms with van der Waals surface area (Å²) in [5, 5.41) is 4.85. The Labute approximate surface area is 126 Å². The van der Waals surface area contributed by atoms with E-state index in [9.17, 15) is 14.4 Å². The molecule has 0 saturated heterocycles. The average Bonchev–Trinajstić information content (AvgIpc) is 2.74. The summed E-state index contributed by atoms with van der Waals surface area (Å²) < 4.78 is 5.36. The van der Waals surface area contributed by atoms with Crippen LogP contribution in [0.5, 0.6) is 5.75 Å². The van der Waals surface area contributed by atoms with Crippen molar-refractivity contribution in [3.8, 4) is 5.75 Å². The Bertz CT molecular complexity index is 615. The van der Waals surface area contributed by atoms with Gasteiger partial charge in [0.25, 0.3) is 5.91 Å². The quantitative estimate of drug-likeness (QED) is 0.892. The Hall–Kier alpha value is -2.08. The highest BCUT2D eigenvalue weighted by molar-refractivity contribution is 6.32. The smallest absolute Gasteiger partial charge is 0.321 e. The number of benzene rings is 1. The highest BCUT2D eigenvalue weighted by Gasteiger charge is 2.31. The van der Waals surface area contributed by atoms with E-state index in [0.29, 0.717) is 22.8 Å². The SMILES string of the molecule is CNC(=O)NC(=O)COc1ccc(Cl)c2c1C(=O)CC2C. The molecule has 0 heterocycles. The fourth-order valence-corrected chi connectivity index (χ4v) is 2.66. The van der Waals surface area contributed by atoms with Crippen LogP contribution in [0.2, 0.25) is 5.02 Å². The van der Waals surface area contributed by atoms with Gasteiger partial charge in [0.05, 0.1) is 5.56 Å². The Morgan fingerprint density at radius 2 is 2.14 bits per heavy atom. The van der Waals surface area contributed by atoms with Gasteiger partial charge in [-0.25, -0.2) is 4.79 Å². The molecule has 2 rings (SSSR count). The molecule has 1 unspecified atom stereocenters. The second-order valence-electron chi connectivity index (χ2n) is 4.78. The first-order valence-corrected chi connectivity index (χ1v) is 6.81. The molecule has 2 N–H and O–H groups in total. The number of Topliss-reactive ketones (excluding diaryl/α,β-unsaturated/α-hetero) is 1. The lowest BCUT2D eigenvalue weighted by atomic mass is 10.0. The minimum absolute atomic E-state index is 0.0308. The number of rotatable bonds is 3. The molecule has 0 saturated carbocycles. The van der Waals surface area contributed by atoms with Crippen molar-refractivity contribution in [3.63, 3.8) is 0 Å². The number of halogens is 1. The van der Waals surface area contributed by atoms with Crippen molar-refractivity contribution in [1.82, 2.24) is 10.6 Å². The van der Waals surface area contributed by atoms with Crippen molar-refractivity contribution >= 4 is 29.3 Å². The van der Waals surface area contributed by atoms with Gasteiger partial charge in [0.1, 0.15) is 5.75 Å². The van der Waals surface area contributed by atoms with Gasteiger partial charge in [-0.1, -0.05) is 18.5 Å². The van der Waals surface area contributed by atoms with E-state index in [1.54, 1.807) is 12.1 Å². The molecule has 21 heavy (non-hydrogen) atoms. The Morgan fingerprint density at radius 3 is 2.81 bits per heavy atom. The predicted molar refractivity (Wildman–Crippen MR) is 76.9 cm³/mol. The number of ketones is 1. The highest BCUT2D eigenvalue weighted by atomic mass is 35.5. The first kappa shape index (κ1) is 15.3. The third-order valence-electron chi connectivity index (χ3n) is 3.26. The maximum absolute atomic E-state index is 12.0. The van der Waals surface area contributed by atoms with Crippen molar-refractivity contribution in [3.05, 3.63) is 28.3 Å². The molecular formula is C14H15ClN2O4. The number of urea groups is 1. The van der Waals surface area contributed by atoms with Crippen LogP contribution in [0, 0.1) is 0 Å². The van der Waals surface area contributed by atoms with Crippen LogP contribution in [0.3, 0.4) is 0 Å². The normalized spacial score (nSPS) is 16.3. The van der Waals surface area contributed by atoms with E-state index in [0.717, 1.165) is 5.56 Å². The lowest BCUT2D eigenvalue weighted by molar-refractivity contribution is -0.122. The van der Waals surface area contributed by atoms with Gasteiger partial charge in [0, 0.05) is 18.5 Å². The number of hydrogen-bond acceptors (Lipinski definition) is 4. The van der Waals surface area contributed by atoms with Gasteiger partial charge < -0.3 is 10.1 Å². The van der Waals surface area contributed by atoms with Gasteiger partial charge in [0.15, 0.2) is 12.4 Å². The summed E-state index contributed by atoms with van der Waals surface area (Å²) in [6.45, 7) is 1.56. The molecule has 3 amide bonds. The van der Waals surface area contributed by atoms with E-state index < -0.39 is 11.9 Å². The van der Waals surface area contributed by atoms with Gasteiger partial charge >= 0.3 is 6.03 Å². The molecule has 1 aromatic carbocycles. The Balaban J connectivity index is 2.14. The van der Waals surface area contributed by atoms with Crippen LogP contribution in [0.25, 0.3) is 0 Å². The summed E-state index contributed by atoms with van der Waals surface area (Å²) in [4.78, 5) is 34.5. The molecule has 0 spiro atoms. The molecule has 0 fully saturated rings. The zero-order valence-electron chi connectivity index (χ0n) is 11.7. The van der Waals surface area contributed by atoms with Gasteiger partial charge in [-0.2, -0.15) is 0 Å². The number of carbonyl (C=O) groups excluding carboxylic acids is 3. The van der Waals surface area contributed by atoms with E-state index in [4.69, 9.17) is 16.3 Å². The number of amides is 3. The van der Waals surface area contributed by atoms with Crippen molar-refractivity contribution in [1.29, 1.82) is 0 Å². The summed E-state index contributed by atoms with van der Waals surface area (Å²) in [7, 11) is 1.40. The molecule has 1 atom stereocenters. The summed E-state index contributed by atoms with van der Waals surface area (Å²) >= 11 is 6.11. The average molecular weight is 311 g/mol. The second-order valence-corrected chi connectivity index (χ2v) is 5.19. The zero-order valence-corrected chi connectivity index (χ0v) is 12.4. The molecule has 112 valence electrons. The third-order valence-corrected chi connectivity index (χ3v) is 3.59. The molecule has 1 aliphatic rings. The van der Waals surface area contributed by atoms with Crippen molar-refractivity contribution in [2.45, 2.75) is 19.3 Å². The second kappa shape index (κ2) is 6.13. The number of imide groups is 1.